The van der Waals surface area contributed by atoms with E-state index in [1.807, 2.05) is 6.92 Å². The fourth-order valence-corrected chi connectivity index (χ4v) is 1.99. The Hall–Kier alpha value is -1.95. The summed E-state index contributed by atoms with van der Waals surface area (Å²) in [5, 5.41) is 11.7. The lowest BCUT2D eigenvalue weighted by atomic mass is 10.1. The summed E-state index contributed by atoms with van der Waals surface area (Å²) in [6, 6.07) is 3.19. The lowest BCUT2D eigenvalue weighted by molar-refractivity contribution is 0.0935. The van der Waals surface area contributed by atoms with Crippen LogP contribution in [0.4, 0.5) is 0 Å². The van der Waals surface area contributed by atoms with E-state index in [2.05, 4.69) is 5.32 Å². The molecule has 0 saturated carbocycles. The molecule has 1 aromatic carbocycles. The highest BCUT2D eigenvalue weighted by Crippen LogP contribution is 2.38. The first-order chi connectivity index (χ1) is 10.1. The molecule has 1 aromatic rings. The van der Waals surface area contributed by atoms with Crippen LogP contribution in [0, 0.1) is 0 Å². The van der Waals surface area contributed by atoms with Crippen LogP contribution in [0.15, 0.2) is 12.1 Å². The molecule has 6 heteroatoms. The minimum absolute atomic E-state index is 0.0243. The summed E-state index contributed by atoms with van der Waals surface area (Å²) >= 11 is 0. The van der Waals surface area contributed by atoms with Gasteiger partial charge in [0.1, 0.15) is 0 Å². The summed E-state index contributed by atoms with van der Waals surface area (Å²) < 4.78 is 15.7. The highest BCUT2D eigenvalue weighted by molar-refractivity contribution is 5.95. The molecule has 0 aliphatic rings. The molecule has 1 atom stereocenters. The van der Waals surface area contributed by atoms with Crippen LogP contribution >= 0.6 is 0 Å². The number of aliphatic hydroxyl groups excluding tert-OH is 1. The van der Waals surface area contributed by atoms with Gasteiger partial charge in [0, 0.05) is 18.2 Å². The standard InChI is InChI=1S/C15H23NO5/c1-10(6-5-7-17)16-15(18)11-8-12(19-2)14(21-4)13(9-11)20-3/h8-10,17H,5-7H2,1-4H3,(H,16,18). The van der Waals surface area contributed by atoms with Gasteiger partial charge in [0.05, 0.1) is 21.3 Å². The van der Waals surface area contributed by atoms with Crippen molar-refractivity contribution in [1.29, 1.82) is 0 Å². The molecule has 0 heterocycles. The molecule has 0 aliphatic heterocycles. The van der Waals surface area contributed by atoms with E-state index in [4.69, 9.17) is 19.3 Å². The van der Waals surface area contributed by atoms with Gasteiger partial charge >= 0.3 is 0 Å². The number of ether oxygens (including phenoxy) is 3. The molecule has 6 nitrogen and oxygen atoms in total. The van der Waals surface area contributed by atoms with E-state index in [0.29, 0.717) is 35.7 Å². The van der Waals surface area contributed by atoms with Crippen molar-refractivity contribution in [2.24, 2.45) is 0 Å². The van der Waals surface area contributed by atoms with Gasteiger partial charge in [0.2, 0.25) is 5.75 Å². The van der Waals surface area contributed by atoms with Crippen molar-refractivity contribution in [2.75, 3.05) is 27.9 Å². The molecule has 0 fully saturated rings. The van der Waals surface area contributed by atoms with Gasteiger partial charge in [-0.1, -0.05) is 0 Å². The lowest BCUT2D eigenvalue weighted by Crippen LogP contribution is -2.32. The Morgan fingerprint density at radius 2 is 1.76 bits per heavy atom. The number of nitrogens with one attached hydrogen (secondary N) is 1. The van der Waals surface area contributed by atoms with Crippen LogP contribution in [0.5, 0.6) is 17.2 Å². The SMILES string of the molecule is COc1cc(C(=O)NC(C)CCCO)cc(OC)c1OC. The third-order valence-corrected chi connectivity index (χ3v) is 3.10. The van der Waals surface area contributed by atoms with Gasteiger partial charge in [-0.15, -0.1) is 0 Å². The Bertz CT molecular complexity index is 450. The van der Waals surface area contributed by atoms with Crippen LogP contribution in [0.25, 0.3) is 0 Å². The highest BCUT2D eigenvalue weighted by atomic mass is 16.5. The van der Waals surface area contributed by atoms with Crippen molar-refractivity contribution < 1.29 is 24.1 Å². The molecule has 1 amide bonds. The third-order valence-electron chi connectivity index (χ3n) is 3.10. The van der Waals surface area contributed by atoms with Crippen molar-refractivity contribution in [3.8, 4) is 17.2 Å². The van der Waals surface area contributed by atoms with E-state index >= 15 is 0 Å². The van der Waals surface area contributed by atoms with Gasteiger partial charge in [0.15, 0.2) is 11.5 Å². The Balaban J connectivity index is 2.94. The number of benzene rings is 1. The fourth-order valence-electron chi connectivity index (χ4n) is 1.99. The average molecular weight is 297 g/mol. The molecular formula is C15H23NO5. The zero-order valence-electron chi connectivity index (χ0n) is 12.9. The molecular weight excluding hydrogens is 274 g/mol. The monoisotopic (exact) mass is 297 g/mol. The van der Waals surface area contributed by atoms with Crippen molar-refractivity contribution in [3.05, 3.63) is 17.7 Å². The second-order valence-corrected chi connectivity index (χ2v) is 4.65. The van der Waals surface area contributed by atoms with E-state index in [1.165, 1.54) is 21.3 Å². The summed E-state index contributed by atoms with van der Waals surface area (Å²) in [5.41, 5.74) is 0.431. The molecule has 118 valence electrons. The zero-order valence-corrected chi connectivity index (χ0v) is 12.9. The van der Waals surface area contributed by atoms with Gasteiger partial charge < -0.3 is 24.6 Å². The molecule has 1 unspecified atom stereocenters. The number of carbonyl (C=O) groups is 1. The van der Waals surface area contributed by atoms with Crippen LogP contribution in [0.1, 0.15) is 30.1 Å². The second kappa shape index (κ2) is 8.36. The molecule has 1 rings (SSSR count). The van der Waals surface area contributed by atoms with Crippen molar-refractivity contribution in [3.63, 3.8) is 0 Å². The van der Waals surface area contributed by atoms with Crippen LogP contribution < -0.4 is 19.5 Å². The van der Waals surface area contributed by atoms with Crippen molar-refractivity contribution >= 4 is 5.91 Å². The van der Waals surface area contributed by atoms with E-state index in [9.17, 15) is 4.79 Å². The molecule has 2 N–H and O–H groups in total. The topological polar surface area (TPSA) is 77.0 Å². The molecule has 0 spiro atoms. The van der Waals surface area contributed by atoms with E-state index in [1.54, 1.807) is 12.1 Å². The number of methoxy groups -OCH3 is 3. The molecule has 0 bridgehead atoms. The molecule has 0 aromatic heterocycles. The Kier molecular flexibility index (Phi) is 6.81. The predicted octanol–water partition coefficient (Wildman–Crippen LogP) is 1.60. The summed E-state index contributed by atoms with van der Waals surface area (Å²) in [5.74, 6) is 1.10. The van der Waals surface area contributed by atoms with Crippen LogP contribution in [-0.2, 0) is 0 Å². The zero-order chi connectivity index (χ0) is 15.8. The molecule has 0 aliphatic carbocycles. The van der Waals surface area contributed by atoms with E-state index < -0.39 is 0 Å². The van der Waals surface area contributed by atoms with Crippen LogP contribution in [0.3, 0.4) is 0 Å². The number of rotatable bonds is 8. The first-order valence-corrected chi connectivity index (χ1v) is 6.79. The smallest absolute Gasteiger partial charge is 0.251 e. The summed E-state index contributed by atoms with van der Waals surface area (Å²) in [6.45, 7) is 2.01. The third kappa shape index (κ3) is 4.53. The second-order valence-electron chi connectivity index (χ2n) is 4.65. The minimum Gasteiger partial charge on any atom is -0.493 e. The number of hydrogen-bond acceptors (Lipinski definition) is 5. The fraction of sp³-hybridized carbons (Fsp3) is 0.533. The van der Waals surface area contributed by atoms with Crippen LogP contribution in [0.2, 0.25) is 0 Å². The quantitative estimate of drug-likeness (QED) is 0.762. The van der Waals surface area contributed by atoms with E-state index in [0.717, 1.165) is 0 Å². The van der Waals surface area contributed by atoms with Gasteiger partial charge in [-0.05, 0) is 31.9 Å². The Morgan fingerprint density at radius 1 is 1.19 bits per heavy atom. The molecule has 0 saturated heterocycles. The van der Waals surface area contributed by atoms with Gasteiger partial charge in [-0.3, -0.25) is 4.79 Å². The maximum atomic E-state index is 12.2. The van der Waals surface area contributed by atoms with Gasteiger partial charge in [-0.25, -0.2) is 0 Å². The number of aliphatic hydroxyl groups is 1. The summed E-state index contributed by atoms with van der Waals surface area (Å²) in [7, 11) is 4.52. The van der Waals surface area contributed by atoms with Crippen molar-refractivity contribution in [1.82, 2.24) is 5.32 Å². The van der Waals surface area contributed by atoms with E-state index in [-0.39, 0.29) is 18.6 Å². The normalized spacial score (nSPS) is 11.7. The molecule has 0 radical (unpaired) electrons. The average Bonchev–Trinajstić information content (AvgIpc) is 2.51. The first-order valence-electron chi connectivity index (χ1n) is 6.79. The predicted molar refractivity (Wildman–Crippen MR) is 79.3 cm³/mol. The maximum absolute atomic E-state index is 12.2. The van der Waals surface area contributed by atoms with Gasteiger partial charge in [0.25, 0.3) is 5.91 Å². The molecule has 21 heavy (non-hydrogen) atoms. The Morgan fingerprint density at radius 3 is 2.19 bits per heavy atom. The lowest BCUT2D eigenvalue weighted by Gasteiger charge is -2.16. The first kappa shape index (κ1) is 17.1. The maximum Gasteiger partial charge on any atom is 0.251 e. The van der Waals surface area contributed by atoms with Gasteiger partial charge in [-0.2, -0.15) is 0 Å². The number of carbonyl (C=O) groups excluding carboxylic acids is 1. The number of amides is 1. The summed E-state index contributed by atoms with van der Waals surface area (Å²) in [4.78, 5) is 12.2. The van der Waals surface area contributed by atoms with Crippen molar-refractivity contribution in [2.45, 2.75) is 25.8 Å². The van der Waals surface area contributed by atoms with Crippen LogP contribution in [-0.4, -0.2) is 45.0 Å². The number of hydrogen-bond donors (Lipinski definition) is 2. The highest BCUT2D eigenvalue weighted by Gasteiger charge is 2.17. The minimum atomic E-state index is -0.223. The summed E-state index contributed by atoms with van der Waals surface area (Å²) in [6.07, 6.45) is 1.36. The Labute approximate surface area is 125 Å². The largest absolute Gasteiger partial charge is 0.493 e.